The van der Waals surface area contributed by atoms with Crippen molar-refractivity contribution in [2.45, 2.75) is 44.2 Å². The molecule has 2 aliphatic rings. The molecular formula is C12H24N2O. The molecule has 1 aliphatic carbocycles. The van der Waals surface area contributed by atoms with Crippen molar-refractivity contribution in [3.05, 3.63) is 0 Å². The topological polar surface area (TPSA) is 24.5 Å². The summed E-state index contributed by atoms with van der Waals surface area (Å²) in [5.41, 5.74) is 0. The standard InChI is InChI=1S/C12H24N2O/c1-13-11-3-5-12(6-4-11)14-7-2-9-15-10-8-14/h11-13H,2-10H2,1H3. The fourth-order valence-electron chi connectivity index (χ4n) is 2.86. The lowest BCUT2D eigenvalue weighted by Crippen LogP contribution is -2.42. The summed E-state index contributed by atoms with van der Waals surface area (Å²) in [6.45, 7) is 4.29. The zero-order valence-corrected chi connectivity index (χ0v) is 9.87. The Balaban J connectivity index is 1.78. The fourth-order valence-corrected chi connectivity index (χ4v) is 2.86. The van der Waals surface area contributed by atoms with Gasteiger partial charge in [-0.05, 0) is 39.2 Å². The van der Waals surface area contributed by atoms with Gasteiger partial charge in [0.15, 0.2) is 0 Å². The summed E-state index contributed by atoms with van der Waals surface area (Å²) in [4.78, 5) is 2.65. The van der Waals surface area contributed by atoms with E-state index in [2.05, 4.69) is 17.3 Å². The van der Waals surface area contributed by atoms with Gasteiger partial charge in [-0.1, -0.05) is 0 Å². The van der Waals surface area contributed by atoms with Gasteiger partial charge >= 0.3 is 0 Å². The first kappa shape index (κ1) is 11.4. The molecule has 0 unspecified atom stereocenters. The van der Waals surface area contributed by atoms with Gasteiger partial charge in [-0.25, -0.2) is 0 Å². The van der Waals surface area contributed by atoms with Crippen molar-refractivity contribution in [1.82, 2.24) is 10.2 Å². The van der Waals surface area contributed by atoms with E-state index < -0.39 is 0 Å². The van der Waals surface area contributed by atoms with Crippen LogP contribution in [-0.4, -0.2) is 50.3 Å². The average Bonchev–Trinajstić information content (AvgIpc) is 2.58. The van der Waals surface area contributed by atoms with Gasteiger partial charge in [-0.2, -0.15) is 0 Å². The number of hydrogen-bond donors (Lipinski definition) is 1. The van der Waals surface area contributed by atoms with E-state index in [0.717, 1.165) is 31.8 Å². The second-order valence-corrected chi connectivity index (χ2v) is 4.80. The third-order valence-electron chi connectivity index (χ3n) is 3.88. The molecule has 1 heterocycles. The average molecular weight is 212 g/mol. The monoisotopic (exact) mass is 212 g/mol. The molecule has 0 radical (unpaired) electrons. The first-order valence-electron chi connectivity index (χ1n) is 6.39. The van der Waals surface area contributed by atoms with E-state index in [9.17, 15) is 0 Å². The van der Waals surface area contributed by atoms with Crippen molar-refractivity contribution in [2.75, 3.05) is 33.4 Å². The molecule has 0 aromatic rings. The van der Waals surface area contributed by atoms with Gasteiger partial charge in [0.1, 0.15) is 0 Å². The third kappa shape index (κ3) is 3.16. The Morgan fingerprint density at radius 2 is 1.87 bits per heavy atom. The normalized spacial score (nSPS) is 35.0. The van der Waals surface area contributed by atoms with E-state index >= 15 is 0 Å². The highest BCUT2D eigenvalue weighted by atomic mass is 16.5. The highest BCUT2D eigenvalue weighted by Gasteiger charge is 2.25. The summed E-state index contributed by atoms with van der Waals surface area (Å²) in [6, 6.07) is 1.60. The van der Waals surface area contributed by atoms with Gasteiger partial charge < -0.3 is 10.1 Å². The maximum Gasteiger partial charge on any atom is 0.0593 e. The number of ether oxygens (including phenoxy) is 1. The lowest BCUT2D eigenvalue weighted by Gasteiger charge is -2.36. The van der Waals surface area contributed by atoms with Crippen molar-refractivity contribution >= 4 is 0 Å². The number of rotatable bonds is 2. The molecule has 0 spiro atoms. The van der Waals surface area contributed by atoms with Gasteiger partial charge in [0.25, 0.3) is 0 Å². The van der Waals surface area contributed by atoms with Crippen LogP contribution in [0.4, 0.5) is 0 Å². The van der Waals surface area contributed by atoms with Gasteiger partial charge in [0.05, 0.1) is 6.61 Å². The van der Waals surface area contributed by atoms with Gasteiger partial charge in [0, 0.05) is 31.8 Å². The van der Waals surface area contributed by atoms with E-state index in [1.54, 1.807) is 0 Å². The maximum absolute atomic E-state index is 5.50. The Morgan fingerprint density at radius 3 is 2.60 bits per heavy atom. The lowest BCUT2D eigenvalue weighted by atomic mass is 9.90. The predicted molar refractivity (Wildman–Crippen MR) is 62.1 cm³/mol. The van der Waals surface area contributed by atoms with Crippen molar-refractivity contribution in [1.29, 1.82) is 0 Å². The minimum atomic E-state index is 0.768. The first-order chi connectivity index (χ1) is 7.40. The quantitative estimate of drug-likeness (QED) is 0.745. The first-order valence-corrected chi connectivity index (χ1v) is 6.39. The zero-order valence-electron chi connectivity index (χ0n) is 9.87. The minimum absolute atomic E-state index is 0.768. The Hall–Kier alpha value is -0.120. The smallest absolute Gasteiger partial charge is 0.0593 e. The van der Waals surface area contributed by atoms with Crippen molar-refractivity contribution in [2.24, 2.45) is 0 Å². The zero-order chi connectivity index (χ0) is 10.5. The van der Waals surface area contributed by atoms with Crippen molar-refractivity contribution < 1.29 is 4.74 Å². The summed E-state index contributed by atoms with van der Waals surface area (Å²) in [6.07, 6.45) is 6.64. The summed E-state index contributed by atoms with van der Waals surface area (Å²) in [5.74, 6) is 0. The Kier molecular flexibility index (Phi) is 4.42. The van der Waals surface area contributed by atoms with Gasteiger partial charge in [-0.3, -0.25) is 4.90 Å². The Bertz CT molecular complexity index is 170. The van der Waals surface area contributed by atoms with Crippen LogP contribution in [0.5, 0.6) is 0 Å². The van der Waals surface area contributed by atoms with Crippen LogP contribution in [-0.2, 0) is 4.74 Å². The predicted octanol–water partition coefficient (Wildman–Crippen LogP) is 1.24. The molecule has 3 heteroatoms. The van der Waals surface area contributed by atoms with Crippen LogP contribution < -0.4 is 5.32 Å². The van der Waals surface area contributed by atoms with Crippen LogP contribution in [0.3, 0.4) is 0 Å². The third-order valence-corrected chi connectivity index (χ3v) is 3.88. The molecule has 1 aliphatic heterocycles. The highest BCUT2D eigenvalue weighted by Crippen LogP contribution is 2.23. The molecule has 0 aromatic heterocycles. The molecule has 88 valence electrons. The summed E-state index contributed by atoms with van der Waals surface area (Å²) in [5, 5.41) is 3.40. The van der Waals surface area contributed by atoms with Crippen LogP contribution in [0, 0.1) is 0 Å². The molecule has 1 N–H and O–H groups in total. The second-order valence-electron chi connectivity index (χ2n) is 4.80. The molecular weight excluding hydrogens is 188 g/mol. The van der Waals surface area contributed by atoms with E-state index in [0.29, 0.717) is 0 Å². The van der Waals surface area contributed by atoms with Crippen LogP contribution in [0.15, 0.2) is 0 Å². The van der Waals surface area contributed by atoms with E-state index in [-0.39, 0.29) is 0 Å². The number of hydrogen-bond acceptors (Lipinski definition) is 3. The van der Waals surface area contributed by atoms with Crippen LogP contribution in [0.25, 0.3) is 0 Å². The molecule has 3 nitrogen and oxygen atoms in total. The minimum Gasteiger partial charge on any atom is -0.380 e. The highest BCUT2D eigenvalue weighted by molar-refractivity contribution is 4.82. The molecule has 0 amide bonds. The van der Waals surface area contributed by atoms with Gasteiger partial charge in [0.2, 0.25) is 0 Å². The Morgan fingerprint density at radius 1 is 1.07 bits per heavy atom. The van der Waals surface area contributed by atoms with E-state index in [1.165, 1.54) is 38.6 Å². The molecule has 0 aromatic carbocycles. The lowest BCUT2D eigenvalue weighted by molar-refractivity contribution is 0.117. The molecule has 2 rings (SSSR count). The summed E-state index contributed by atoms with van der Waals surface area (Å²) >= 11 is 0. The molecule has 0 bridgehead atoms. The SMILES string of the molecule is CNC1CCC(N2CCCOCC2)CC1. The molecule has 2 fully saturated rings. The van der Waals surface area contributed by atoms with Crippen molar-refractivity contribution in [3.8, 4) is 0 Å². The van der Waals surface area contributed by atoms with Crippen molar-refractivity contribution in [3.63, 3.8) is 0 Å². The van der Waals surface area contributed by atoms with E-state index in [1.807, 2.05) is 0 Å². The molecule has 1 saturated heterocycles. The number of nitrogens with one attached hydrogen (secondary N) is 1. The maximum atomic E-state index is 5.50. The molecule has 15 heavy (non-hydrogen) atoms. The van der Waals surface area contributed by atoms with Crippen LogP contribution in [0.2, 0.25) is 0 Å². The van der Waals surface area contributed by atoms with E-state index in [4.69, 9.17) is 4.74 Å². The Labute approximate surface area is 93.2 Å². The molecule has 1 saturated carbocycles. The summed E-state index contributed by atoms with van der Waals surface area (Å²) < 4.78 is 5.50. The number of nitrogens with zero attached hydrogens (tertiary/aromatic N) is 1. The van der Waals surface area contributed by atoms with Gasteiger partial charge in [-0.15, -0.1) is 0 Å². The van der Waals surface area contributed by atoms with Crippen LogP contribution >= 0.6 is 0 Å². The molecule has 0 atom stereocenters. The largest absolute Gasteiger partial charge is 0.380 e. The second kappa shape index (κ2) is 5.83. The fraction of sp³-hybridized carbons (Fsp3) is 1.00. The van der Waals surface area contributed by atoms with Crippen LogP contribution in [0.1, 0.15) is 32.1 Å². The summed E-state index contributed by atoms with van der Waals surface area (Å²) in [7, 11) is 2.09.